The first kappa shape index (κ1) is 21.6. The van der Waals surface area contributed by atoms with Crippen molar-refractivity contribution in [1.29, 1.82) is 0 Å². The molecule has 0 bridgehead atoms. The monoisotopic (exact) mass is 430 g/mol. The molecular formula is C24H30O7. The van der Waals surface area contributed by atoms with Gasteiger partial charge in [-0.05, 0) is 61.1 Å². The highest BCUT2D eigenvalue weighted by molar-refractivity contribution is 5.54. The molecular weight excluding hydrogens is 400 g/mol. The summed E-state index contributed by atoms with van der Waals surface area (Å²) in [7, 11) is 4.87. The number of fused-ring (bicyclic) bond motifs is 1. The Morgan fingerprint density at radius 1 is 0.871 bits per heavy atom. The molecule has 0 radical (unpaired) electrons. The molecule has 7 nitrogen and oxygen atoms in total. The molecule has 3 unspecified atom stereocenters. The molecule has 4 rings (SSSR count). The molecule has 2 aliphatic rings. The summed E-state index contributed by atoms with van der Waals surface area (Å²) in [5.74, 6) is 3.98. The van der Waals surface area contributed by atoms with Crippen molar-refractivity contribution < 1.29 is 33.2 Å². The van der Waals surface area contributed by atoms with Gasteiger partial charge in [-0.3, -0.25) is 0 Å². The molecule has 2 aromatic rings. The highest BCUT2D eigenvalue weighted by Crippen LogP contribution is 2.41. The molecule has 3 atom stereocenters. The summed E-state index contributed by atoms with van der Waals surface area (Å²) >= 11 is 0. The largest absolute Gasteiger partial charge is 0.493 e. The second-order valence-corrected chi connectivity index (χ2v) is 7.71. The fraction of sp³-hybridized carbons (Fsp3) is 0.500. The van der Waals surface area contributed by atoms with Gasteiger partial charge in [0, 0.05) is 12.5 Å². The molecule has 0 N–H and O–H groups in total. The van der Waals surface area contributed by atoms with Crippen molar-refractivity contribution in [2.24, 2.45) is 11.8 Å². The van der Waals surface area contributed by atoms with E-state index in [9.17, 15) is 0 Å². The van der Waals surface area contributed by atoms with Crippen molar-refractivity contribution in [3.63, 3.8) is 0 Å². The van der Waals surface area contributed by atoms with Gasteiger partial charge >= 0.3 is 0 Å². The van der Waals surface area contributed by atoms with Crippen LogP contribution in [0.1, 0.15) is 18.1 Å². The van der Waals surface area contributed by atoms with Gasteiger partial charge in [0.05, 0.1) is 27.9 Å². The first-order chi connectivity index (χ1) is 15.2. The number of rotatable bonds is 9. The van der Waals surface area contributed by atoms with E-state index in [1.165, 1.54) is 5.56 Å². The van der Waals surface area contributed by atoms with Gasteiger partial charge in [0.2, 0.25) is 12.5 Å². The lowest BCUT2D eigenvalue weighted by molar-refractivity contribution is -0.127. The predicted octanol–water partition coefficient (Wildman–Crippen LogP) is 3.85. The van der Waals surface area contributed by atoms with E-state index in [-0.39, 0.29) is 19.0 Å². The summed E-state index contributed by atoms with van der Waals surface area (Å²) in [6.45, 7) is 3.52. The molecule has 0 saturated carbocycles. The lowest BCUT2D eigenvalue weighted by atomic mass is 9.84. The van der Waals surface area contributed by atoms with E-state index in [1.807, 2.05) is 25.1 Å². The third-order valence-corrected chi connectivity index (χ3v) is 5.89. The predicted molar refractivity (Wildman–Crippen MR) is 114 cm³/mol. The molecule has 2 heterocycles. The van der Waals surface area contributed by atoms with Crippen LogP contribution in [0.3, 0.4) is 0 Å². The molecule has 0 amide bonds. The highest BCUT2D eigenvalue weighted by atomic mass is 16.7. The van der Waals surface area contributed by atoms with Crippen LogP contribution >= 0.6 is 0 Å². The normalized spacial score (nSPS) is 21.9. The van der Waals surface area contributed by atoms with Crippen molar-refractivity contribution in [2.75, 3.05) is 41.3 Å². The van der Waals surface area contributed by atoms with E-state index in [2.05, 4.69) is 12.1 Å². The van der Waals surface area contributed by atoms with E-state index >= 15 is 0 Å². The molecule has 2 aromatic carbocycles. The van der Waals surface area contributed by atoms with Crippen LogP contribution in [0, 0.1) is 11.8 Å². The zero-order valence-electron chi connectivity index (χ0n) is 18.5. The van der Waals surface area contributed by atoms with Crippen molar-refractivity contribution >= 4 is 0 Å². The molecule has 7 heteroatoms. The fourth-order valence-electron chi connectivity index (χ4n) is 4.39. The maximum absolute atomic E-state index is 6.05. The van der Waals surface area contributed by atoms with E-state index in [0.29, 0.717) is 36.4 Å². The van der Waals surface area contributed by atoms with Gasteiger partial charge in [0.15, 0.2) is 29.3 Å². The third kappa shape index (κ3) is 4.52. The number of methoxy groups -OCH3 is 3. The first-order valence-electron chi connectivity index (χ1n) is 10.6. The van der Waals surface area contributed by atoms with Crippen LogP contribution < -0.4 is 23.7 Å². The van der Waals surface area contributed by atoms with E-state index in [1.54, 1.807) is 21.3 Å². The summed E-state index contributed by atoms with van der Waals surface area (Å²) in [6.07, 6.45) is 1.40. The van der Waals surface area contributed by atoms with Crippen LogP contribution in [-0.2, 0) is 22.3 Å². The van der Waals surface area contributed by atoms with Gasteiger partial charge < -0.3 is 33.2 Å². The average Bonchev–Trinajstić information content (AvgIpc) is 3.40. The van der Waals surface area contributed by atoms with Crippen LogP contribution in [0.2, 0.25) is 0 Å². The molecule has 1 saturated heterocycles. The number of hydrogen-bond acceptors (Lipinski definition) is 7. The van der Waals surface area contributed by atoms with Gasteiger partial charge in [-0.25, -0.2) is 0 Å². The van der Waals surface area contributed by atoms with Gasteiger partial charge in [-0.15, -0.1) is 0 Å². The van der Waals surface area contributed by atoms with Crippen LogP contribution in [0.15, 0.2) is 30.3 Å². The number of benzene rings is 2. The Bertz CT molecular complexity index is 872. The third-order valence-electron chi connectivity index (χ3n) is 5.89. The maximum Gasteiger partial charge on any atom is 0.231 e. The quantitative estimate of drug-likeness (QED) is 0.599. The Morgan fingerprint density at radius 2 is 1.61 bits per heavy atom. The van der Waals surface area contributed by atoms with Crippen LogP contribution in [0.25, 0.3) is 0 Å². The first-order valence-corrected chi connectivity index (χ1v) is 10.6. The summed E-state index contributed by atoms with van der Waals surface area (Å²) in [5, 5.41) is 0. The van der Waals surface area contributed by atoms with E-state index in [4.69, 9.17) is 33.2 Å². The molecule has 2 aliphatic heterocycles. The Hall–Kier alpha value is -2.64. The Labute approximate surface area is 183 Å². The van der Waals surface area contributed by atoms with Gasteiger partial charge in [-0.2, -0.15) is 0 Å². The molecule has 0 aliphatic carbocycles. The van der Waals surface area contributed by atoms with Crippen molar-refractivity contribution in [3.05, 3.63) is 41.5 Å². The van der Waals surface area contributed by atoms with Gasteiger partial charge in [0.25, 0.3) is 0 Å². The molecule has 1 fully saturated rings. The summed E-state index contributed by atoms with van der Waals surface area (Å²) in [6, 6.07) is 10.1. The summed E-state index contributed by atoms with van der Waals surface area (Å²) < 4.78 is 39.5. The fourth-order valence-corrected chi connectivity index (χ4v) is 4.39. The van der Waals surface area contributed by atoms with E-state index < -0.39 is 0 Å². The zero-order valence-corrected chi connectivity index (χ0v) is 18.5. The number of hydrogen-bond donors (Lipinski definition) is 0. The minimum atomic E-state index is -0.247. The van der Waals surface area contributed by atoms with Crippen LogP contribution in [0.5, 0.6) is 28.7 Å². The van der Waals surface area contributed by atoms with Crippen LogP contribution in [0.4, 0.5) is 0 Å². The average molecular weight is 430 g/mol. The van der Waals surface area contributed by atoms with Crippen molar-refractivity contribution in [2.45, 2.75) is 26.1 Å². The Kier molecular flexibility index (Phi) is 6.73. The van der Waals surface area contributed by atoms with Crippen molar-refractivity contribution in [3.8, 4) is 28.7 Å². The van der Waals surface area contributed by atoms with E-state index in [0.717, 1.165) is 29.9 Å². The molecule has 0 spiro atoms. The van der Waals surface area contributed by atoms with Gasteiger partial charge in [0.1, 0.15) is 0 Å². The minimum absolute atomic E-state index is 0.188. The SMILES string of the molecule is CCOC1OCC(Cc2ccc3c(c2)OCO3)C1Cc1cc(OC)c(OC)c(OC)c1. The summed E-state index contributed by atoms with van der Waals surface area (Å²) in [4.78, 5) is 0. The van der Waals surface area contributed by atoms with Gasteiger partial charge in [-0.1, -0.05) is 6.07 Å². The number of ether oxygens (including phenoxy) is 7. The topological polar surface area (TPSA) is 64.6 Å². The summed E-state index contributed by atoms with van der Waals surface area (Å²) in [5.41, 5.74) is 2.29. The Balaban J connectivity index is 1.57. The second kappa shape index (κ2) is 9.66. The molecule has 31 heavy (non-hydrogen) atoms. The van der Waals surface area contributed by atoms with Crippen LogP contribution in [-0.4, -0.2) is 47.6 Å². The zero-order chi connectivity index (χ0) is 21.8. The maximum atomic E-state index is 6.05. The molecule has 168 valence electrons. The molecule has 0 aromatic heterocycles. The smallest absolute Gasteiger partial charge is 0.231 e. The minimum Gasteiger partial charge on any atom is -0.493 e. The highest BCUT2D eigenvalue weighted by Gasteiger charge is 2.38. The Morgan fingerprint density at radius 3 is 2.29 bits per heavy atom. The lowest BCUT2D eigenvalue weighted by Gasteiger charge is -2.24. The lowest BCUT2D eigenvalue weighted by Crippen LogP contribution is -2.26. The van der Waals surface area contributed by atoms with Crippen molar-refractivity contribution in [1.82, 2.24) is 0 Å². The second-order valence-electron chi connectivity index (χ2n) is 7.71. The standard InChI is InChI=1S/C24H30O7/c1-5-28-24-18(9-16-11-21(25-2)23(27-4)22(12-16)26-3)17(13-29-24)8-15-6-7-19-20(10-15)31-14-30-19/h6-7,10-12,17-18,24H,5,8-9,13-14H2,1-4H3.